The van der Waals surface area contributed by atoms with Crippen molar-refractivity contribution in [2.75, 3.05) is 36.4 Å². The van der Waals surface area contributed by atoms with Crippen LogP contribution in [0.3, 0.4) is 0 Å². The Morgan fingerprint density at radius 1 is 0.982 bits per heavy atom. The molecule has 2 fully saturated rings. The van der Waals surface area contributed by atoms with Crippen LogP contribution in [0, 0.1) is 10.8 Å². The van der Waals surface area contributed by atoms with Crippen LogP contribution in [-0.4, -0.2) is 84.4 Å². The van der Waals surface area contributed by atoms with Gasteiger partial charge in [0.05, 0.1) is 34.1 Å². The fraction of sp³-hybridized carbons (Fsp3) is 0.476. The normalized spacial score (nSPS) is 23.6. The minimum Gasteiger partial charge on any atom is -0.481 e. The van der Waals surface area contributed by atoms with Crippen LogP contribution in [0.2, 0.25) is 5.02 Å². The van der Waals surface area contributed by atoms with E-state index in [0.29, 0.717) is 48.3 Å². The number of benzene rings is 2. The molecule has 5 heterocycles. The molecule has 3 aliphatic heterocycles. The van der Waals surface area contributed by atoms with E-state index >= 15 is 0 Å². The minimum absolute atomic E-state index is 0.132. The zero-order valence-electron chi connectivity index (χ0n) is 32.0. The predicted octanol–water partition coefficient (Wildman–Crippen LogP) is 5.68. The topological polar surface area (TPSA) is 175 Å². The van der Waals surface area contributed by atoms with Crippen LogP contribution in [0.5, 0.6) is 0 Å². The fourth-order valence-electron chi connectivity index (χ4n) is 10.4. The molecule has 9 rings (SSSR count). The third-order valence-corrected chi connectivity index (χ3v) is 13.9. The zero-order chi connectivity index (χ0) is 39.6. The van der Waals surface area contributed by atoms with Gasteiger partial charge in [-0.1, -0.05) is 35.9 Å². The molecule has 2 aliphatic carbocycles. The van der Waals surface area contributed by atoms with Crippen molar-refractivity contribution in [2.24, 2.45) is 17.9 Å². The van der Waals surface area contributed by atoms with Crippen molar-refractivity contribution in [3.63, 3.8) is 0 Å². The molecule has 1 atom stereocenters. The first kappa shape index (κ1) is 37.5. The summed E-state index contributed by atoms with van der Waals surface area (Å²) in [6.45, 7) is 3.38. The fourth-order valence-corrected chi connectivity index (χ4v) is 10.7. The summed E-state index contributed by atoms with van der Waals surface area (Å²) in [5, 5.41) is 30.1. The van der Waals surface area contributed by atoms with E-state index in [-0.39, 0.29) is 29.8 Å². The highest BCUT2D eigenvalue weighted by molar-refractivity contribution is 6.36. The smallest absolute Gasteiger partial charge is 0.317 e. The van der Waals surface area contributed by atoms with E-state index in [4.69, 9.17) is 21.7 Å². The summed E-state index contributed by atoms with van der Waals surface area (Å²) < 4.78 is 3.69. The summed E-state index contributed by atoms with van der Waals surface area (Å²) in [5.74, 6) is -1.81. The SMILES string of the molecule is Cn1c(C(=O)Nc2cccc(-c3cccc4c3CCN4C(=O)c3cc4n(n3)CCCC4NCC(=O)O)c2Cl)nc2c1CCN(CCC13CCC(C(=O)O)(CC1)C3)C2. The number of amides is 2. The lowest BCUT2D eigenvalue weighted by atomic mass is 9.80. The molecule has 14 nitrogen and oxygen atoms in total. The second kappa shape index (κ2) is 14.4. The monoisotopic (exact) mass is 794 g/mol. The van der Waals surface area contributed by atoms with E-state index in [2.05, 4.69) is 20.6 Å². The Morgan fingerprint density at radius 2 is 1.77 bits per heavy atom. The van der Waals surface area contributed by atoms with E-state index in [1.807, 2.05) is 41.9 Å². The standard InChI is InChI=1S/C42H47ClN8O6/c1-48-33-11-18-49(20-16-41-12-14-42(24-41,15-13-41)40(56)57)23-31(33)45-37(48)38(54)46-29-7-2-6-27(36(29)43)25-5-3-9-32-26(25)10-19-50(32)39(55)30-21-34-28(44-22-35(52)53)8-4-17-51(34)47-30/h2-3,5-7,9,21,28,44H,4,8,10-20,22-24H2,1H3,(H,46,54)(H,52,53)(H,56,57). The number of hydrogen-bond donors (Lipinski definition) is 4. The van der Waals surface area contributed by atoms with Crippen LogP contribution in [0.25, 0.3) is 11.1 Å². The minimum atomic E-state index is -0.934. The Balaban J connectivity index is 0.886. The maximum Gasteiger partial charge on any atom is 0.317 e. The van der Waals surface area contributed by atoms with Gasteiger partial charge in [0.2, 0.25) is 0 Å². The number of nitrogens with zero attached hydrogens (tertiary/aromatic N) is 6. The molecule has 0 radical (unpaired) electrons. The van der Waals surface area contributed by atoms with Gasteiger partial charge in [0.25, 0.3) is 11.8 Å². The van der Waals surface area contributed by atoms with Crippen molar-refractivity contribution in [1.82, 2.24) is 29.5 Å². The van der Waals surface area contributed by atoms with Crippen LogP contribution in [0.1, 0.15) is 101 Å². The molecule has 4 N–H and O–H groups in total. The van der Waals surface area contributed by atoms with Crippen molar-refractivity contribution >= 4 is 46.7 Å². The molecule has 2 aromatic heterocycles. The maximum atomic E-state index is 13.9. The average Bonchev–Trinajstić information content (AvgIpc) is 4.04. The van der Waals surface area contributed by atoms with Gasteiger partial charge in [-0.25, -0.2) is 4.98 Å². The van der Waals surface area contributed by atoms with Crippen LogP contribution in [-0.2, 0) is 42.6 Å². The molecule has 15 heteroatoms. The predicted molar refractivity (Wildman–Crippen MR) is 212 cm³/mol. The first-order valence-corrected chi connectivity index (χ1v) is 20.4. The molecule has 4 aromatic rings. The maximum absolute atomic E-state index is 13.9. The Labute approximate surface area is 335 Å². The summed E-state index contributed by atoms with van der Waals surface area (Å²) >= 11 is 7.07. The number of hydrogen-bond acceptors (Lipinski definition) is 8. The molecule has 2 bridgehead atoms. The molecular weight excluding hydrogens is 748 g/mol. The van der Waals surface area contributed by atoms with Gasteiger partial charge in [0.1, 0.15) is 0 Å². The zero-order valence-corrected chi connectivity index (χ0v) is 32.8. The summed E-state index contributed by atoms with van der Waals surface area (Å²) in [6, 6.07) is 12.9. The number of aryl methyl sites for hydroxylation is 1. The number of carboxylic acid groups (broad SMARTS) is 2. The second-order valence-electron chi connectivity index (χ2n) is 16.7. The van der Waals surface area contributed by atoms with Crippen molar-refractivity contribution in [2.45, 2.75) is 83.3 Å². The second-order valence-corrected chi connectivity index (χ2v) is 17.1. The number of carboxylic acids is 2. The van der Waals surface area contributed by atoms with E-state index in [1.54, 1.807) is 21.7 Å². The van der Waals surface area contributed by atoms with Crippen LogP contribution in [0.4, 0.5) is 11.4 Å². The average molecular weight is 795 g/mol. The molecule has 5 aliphatic rings. The molecule has 0 spiro atoms. The molecule has 298 valence electrons. The van der Waals surface area contributed by atoms with Crippen LogP contribution < -0.4 is 15.5 Å². The Hall–Kier alpha value is -5.05. The van der Waals surface area contributed by atoms with E-state index in [1.165, 1.54) is 0 Å². The van der Waals surface area contributed by atoms with Crippen LogP contribution >= 0.6 is 11.6 Å². The lowest BCUT2D eigenvalue weighted by Gasteiger charge is -2.32. The van der Waals surface area contributed by atoms with Gasteiger partial charge in [0, 0.05) is 62.6 Å². The molecule has 2 saturated carbocycles. The van der Waals surface area contributed by atoms with E-state index in [9.17, 15) is 24.3 Å². The van der Waals surface area contributed by atoms with Gasteiger partial charge in [-0.15, -0.1) is 0 Å². The number of aliphatic carboxylic acids is 2. The lowest BCUT2D eigenvalue weighted by Crippen LogP contribution is -2.34. The van der Waals surface area contributed by atoms with Gasteiger partial charge in [-0.3, -0.25) is 34.1 Å². The van der Waals surface area contributed by atoms with Gasteiger partial charge in [0.15, 0.2) is 11.5 Å². The van der Waals surface area contributed by atoms with Crippen LogP contribution in [0.15, 0.2) is 42.5 Å². The molecule has 2 amide bonds. The number of nitrogens with one attached hydrogen (secondary N) is 2. The van der Waals surface area contributed by atoms with Gasteiger partial charge >= 0.3 is 11.9 Å². The van der Waals surface area contributed by atoms with E-state index < -0.39 is 17.4 Å². The van der Waals surface area contributed by atoms with Crippen molar-refractivity contribution in [1.29, 1.82) is 0 Å². The Kier molecular flexibility index (Phi) is 9.48. The first-order chi connectivity index (χ1) is 27.4. The highest BCUT2D eigenvalue weighted by Crippen LogP contribution is 2.63. The number of anilines is 2. The van der Waals surface area contributed by atoms with Gasteiger partial charge in [-0.05, 0) is 99.1 Å². The summed E-state index contributed by atoms with van der Waals surface area (Å²) in [6.07, 6.45) is 8.35. The molecule has 57 heavy (non-hydrogen) atoms. The van der Waals surface area contributed by atoms with Crippen molar-refractivity contribution < 1.29 is 29.4 Å². The quantitative estimate of drug-likeness (QED) is 0.148. The number of carbonyl (C=O) groups excluding carboxylic acids is 2. The summed E-state index contributed by atoms with van der Waals surface area (Å²) in [5.41, 5.74) is 6.54. The van der Waals surface area contributed by atoms with Crippen molar-refractivity contribution in [3.8, 4) is 11.1 Å². The van der Waals surface area contributed by atoms with E-state index in [0.717, 1.165) is 110 Å². The third-order valence-electron chi connectivity index (χ3n) is 13.5. The van der Waals surface area contributed by atoms with Gasteiger partial charge in [-0.2, -0.15) is 5.10 Å². The molecule has 1 unspecified atom stereocenters. The number of fused-ring (bicyclic) bond motifs is 5. The lowest BCUT2D eigenvalue weighted by molar-refractivity contribution is -0.148. The summed E-state index contributed by atoms with van der Waals surface area (Å²) in [7, 11) is 1.88. The molecular formula is C42H47ClN8O6. The first-order valence-electron chi connectivity index (χ1n) is 20.0. The number of carbonyl (C=O) groups is 4. The Bertz CT molecular complexity index is 2310. The number of halogens is 1. The Morgan fingerprint density at radius 3 is 2.54 bits per heavy atom. The number of rotatable bonds is 11. The highest BCUT2D eigenvalue weighted by Gasteiger charge is 2.57. The number of imidazole rings is 1. The van der Waals surface area contributed by atoms with Crippen molar-refractivity contribution in [3.05, 3.63) is 81.7 Å². The van der Waals surface area contributed by atoms with Gasteiger partial charge < -0.3 is 25.0 Å². The highest BCUT2D eigenvalue weighted by atomic mass is 35.5. The third kappa shape index (κ3) is 6.61. The largest absolute Gasteiger partial charge is 0.481 e. The molecule has 0 saturated heterocycles. The summed E-state index contributed by atoms with van der Waals surface area (Å²) in [4.78, 5) is 59.8. The number of aromatic nitrogens is 4. The molecule has 2 aromatic carbocycles.